The molecule has 4 heteroatoms. The molecule has 1 unspecified atom stereocenters. The molecule has 0 radical (unpaired) electrons. The number of hydrogen-bond acceptors (Lipinski definition) is 4. The van der Waals surface area contributed by atoms with Crippen LogP contribution in [0.3, 0.4) is 0 Å². The molecule has 0 aromatic rings. The highest BCUT2D eigenvalue weighted by atomic mass is 16.5. The van der Waals surface area contributed by atoms with Crippen LogP contribution < -0.4 is 5.73 Å². The molecule has 1 aliphatic heterocycles. The predicted octanol–water partition coefficient (Wildman–Crippen LogP) is 1.47. The summed E-state index contributed by atoms with van der Waals surface area (Å²) < 4.78 is 10.6. The molecule has 0 saturated carbocycles. The van der Waals surface area contributed by atoms with Crippen LogP contribution in [0.5, 0.6) is 0 Å². The average Bonchev–Trinajstić information content (AvgIpc) is 2.17. The molecule has 0 bridgehead atoms. The maximum absolute atomic E-state index is 11.9. The van der Waals surface area contributed by atoms with Gasteiger partial charge in [0, 0.05) is 13.2 Å². The molecule has 1 atom stereocenters. The molecule has 1 fully saturated rings. The Hall–Kier alpha value is -0.610. The number of nitrogens with two attached hydrogens (primary N) is 1. The van der Waals surface area contributed by atoms with Gasteiger partial charge in [-0.1, -0.05) is 13.8 Å². The summed E-state index contributed by atoms with van der Waals surface area (Å²) in [5, 5.41) is 0. The Labute approximate surface area is 97.5 Å². The lowest BCUT2D eigenvalue weighted by Crippen LogP contribution is -2.53. The summed E-state index contributed by atoms with van der Waals surface area (Å²) in [6.07, 6.45) is 1.93. The van der Waals surface area contributed by atoms with Crippen LogP contribution in [0, 0.1) is 5.92 Å². The number of carbonyl (C=O) groups is 1. The standard InChI is InChI=1S/C12H23NO3/c1-9(2)8-10(3)16-11(14)12(13)4-6-15-7-5-12/h9-10H,4-8,13H2,1-3H3. The molecule has 0 amide bonds. The zero-order valence-corrected chi connectivity index (χ0v) is 10.5. The minimum Gasteiger partial charge on any atom is -0.461 e. The van der Waals surface area contributed by atoms with Gasteiger partial charge in [-0.05, 0) is 32.1 Å². The fourth-order valence-corrected chi connectivity index (χ4v) is 1.95. The van der Waals surface area contributed by atoms with Crippen LogP contribution in [0.25, 0.3) is 0 Å². The van der Waals surface area contributed by atoms with Gasteiger partial charge in [-0.2, -0.15) is 0 Å². The van der Waals surface area contributed by atoms with Crippen molar-refractivity contribution in [3.05, 3.63) is 0 Å². The number of hydrogen-bond donors (Lipinski definition) is 1. The van der Waals surface area contributed by atoms with Gasteiger partial charge in [0.15, 0.2) is 0 Å². The van der Waals surface area contributed by atoms with E-state index in [9.17, 15) is 4.79 Å². The molecule has 0 aromatic carbocycles. The number of carbonyl (C=O) groups excluding carboxylic acids is 1. The van der Waals surface area contributed by atoms with E-state index < -0.39 is 5.54 Å². The first kappa shape index (κ1) is 13.5. The van der Waals surface area contributed by atoms with Gasteiger partial charge in [-0.15, -0.1) is 0 Å². The monoisotopic (exact) mass is 229 g/mol. The molecule has 2 N–H and O–H groups in total. The van der Waals surface area contributed by atoms with Gasteiger partial charge < -0.3 is 15.2 Å². The summed E-state index contributed by atoms with van der Waals surface area (Å²) >= 11 is 0. The topological polar surface area (TPSA) is 61.5 Å². The fourth-order valence-electron chi connectivity index (χ4n) is 1.95. The predicted molar refractivity (Wildman–Crippen MR) is 62.0 cm³/mol. The minimum atomic E-state index is -0.830. The van der Waals surface area contributed by atoms with E-state index in [1.54, 1.807) is 0 Å². The van der Waals surface area contributed by atoms with E-state index >= 15 is 0 Å². The Kier molecular flexibility index (Phi) is 4.74. The Balaban J connectivity index is 2.44. The first-order valence-electron chi connectivity index (χ1n) is 6.02. The van der Waals surface area contributed by atoms with Gasteiger partial charge in [-0.3, -0.25) is 4.79 Å². The molecule has 0 spiro atoms. The van der Waals surface area contributed by atoms with Crippen LogP contribution in [0.4, 0.5) is 0 Å². The third-order valence-corrected chi connectivity index (χ3v) is 2.90. The quantitative estimate of drug-likeness (QED) is 0.742. The molecule has 4 nitrogen and oxygen atoms in total. The van der Waals surface area contributed by atoms with Crippen molar-refractivity contribution in [2.24, 2.45) is 11.7 Å². The van der Waals surface area contributed by atoms with E-state index in [0.29, 0.717) is 32.0 Å². The number of rotatable bonds is 4. The highest BCUT2D eigenvalue weighted by Crippen LogP contribution is 2.21. The second-order valence-electron chi connectivity index (χ2n) is 5.11. The zero-order chi connectivity index (χ0) is 12.2. The van der Waals surface area contributed by atoms with Crippen LogP contribution in [-0.2, 0) is 14.3 Å². The normalized spacial score (nSPS) is 21.8. The highest BCUT2D eigenvalue weighted by molar-refractivity contribution is 5.80. The van der Waals surface area contributed by atoms with Crippen molar-refractivity contribution >= 4 is 5.97 Å². The largest absolute Gasteiger partial charge is 0.461 e. The third kappa shape index (κ3) is 3.76. The van der Waals surface area contributed by atoms with Crippen molar-refractivity contribution in [1.82, 2.24) is 0 Å². The molecule has 1 aliphatic rings. The molecular formula is C12H23NO3. The van der Waals surface area contributed by atoms with Crippen LogP contribution in [0.2, 0.25) is 0 Å². The molecule has 16 heavy (non-hydrogen) atoms. The molecule has 0 aliphatic carbocycles. The lowest BCUT2D eigenvalue weighted by molar-refractivity contribution is -0.159. The minimum absolute atomic E-state index is 0.0595. The highest BCUT2D eigenvalue weighted by Gasteiger charge is 2.38. The molecule has 1 saturated heterocycles. The molecule has 94 valence electrons. The van der Waals surface area contributed by atoms with Crippen molar-refractivity contribution in [1.29, 1.82) is 0 Å². The summed E-state index contributed by atoms with van der Waals surface area (Å²) in [5.41, 5.74) is 5.20. The Morgan fingerprint density at radius 3 is 2.44 bits per heavy atom. The Bertz CT molecular complexity index is 234. The van der Waals surface area contributed by atoms with Gasteiger partial charge in [0.25, 0.3) is 0 Å². The van der Waals surface area contributed by atoms with E-state index in [1.807, 2.05) is 6.92 Å². The van der Waals surface area contributed by atoms with Crippen molar-refractivity contribution in [2.75, 3.05) is 13.2 Å². The Morgan fingerprint density at radius 2 is 1.94 bits per heavy atom. The van der Waals surface area contributed by atoms with Crippen molar-refractivity contribution < 1.29 is 14.3 Å². The SMILES string of the molecule is CC(C)CC(C)OC(=O)C1(N)CCOCC1. The second-order valence-corrected chi connectivity index (χ2v) is 5.11. The molecular weight excluding hydrogens is 206 g/mol. The van der Waals surface area contributed by atoms with E-state index in [4.69, 9.17) is 15.2 Å². The third-order valence-electron chi connectivity index (χ3n) is 2.90. The molecule has 1 heterocycles. The van der Waals surface area contributed by atoms with Gasteiger partial charge in [0.1, 0.15) is 5.54 Å². The summed E-state index contributed by atoms with van der Waals surface area (Å²) in [7, 11) is 0. The molecule has 1 rings (SSSR count). The first-order valence-corrected chi connectivity index (χ1v) is 6.02. The van der Waals surface area contributed by atoms with Crippen LogP contribution in [0.15, 0.2) is 0 Å². The van der Waals surface area contributed by atoms with Gasteiger partial charge in [-0.25, -0.2) is 0 Å². The van der Waals surface area contributed by atoms with E-state index in [0.717, 1.165) is 6.42 Å². The van der Waals surface area contributed by atoms with Gasteiger partial charge in [0.2, 0.25) is 0 Å². The van der Waals surface area contributed by atoms with Gasteiger partial charge in [0.05, 0.1) is 6.10 Å². The first-order chi connectivity index (χ1) is 7.44. The van der Waals surface area contributed by atoms with Gasteiger partial charge >= 0.3 is 5.97 Å². The maximum Gasteiger partial charge on any atom is 0.326 e. The van der Waals surface area contributed by atoms with Crippen LogP contribution in [0.1, 0.15) is 40.0 Å². The smallest absolute Gasteiger partial charge is 0.326 e. The van der Waals surface area contributed by atoms with Crippen molar-refractivity contribution in [3.8, 4) is 0 Å². The summed E-state index contributed by atoms with van der Waals surface area (Å²) in [5.74, 6) is 0.246. The van der Waals surface area contributed by atoms with E-state index in [2.05, 4.69) is 13.8 Å². The van der Waals surface area contributed by atoms with E-state index in [-0.39, 0.29) is 12.1 Å². The summed E-state index contributed by atoms with van der Waals surface area (Å²) in [6.45, 7) is 7.23. The van der Waals surface area contributed by atoms with Crippen LogP contribution in [-0.4, -0.2) is 30.8 Å². The van der Waals surface area contributed by atoms with Crippen molar-refractivity contribution in [3.63, 3.8) is 0 Å². The van der Waals surface area contributed by atoms with E-state index in [1.165, 1.54) is 0 Å². The maximum atomic E-state index is 11.9. The number of esters is 1. The Morgan fingerprint density at radius 1 is 1.38 bits per heavy atom. The summed E-state index contributed by atoms with van der Waals surface area (Å²) in [4.78, 5) is 11.9. The lowest BCUT2D eigenvalue weighted by Gasteiger charge is -2.32. The van der Waals surface area contributed by atoms with Crippen molar-refractivity contribution in [2.45, 2.75) is 51.7 Å². The zero-order valence-electron chi connectivity index (χ0n) is 10.5. The lowest BCUT2D eigenvalue weighted by atomic mass is 9.91. The number of ether oxygens (including phenoxy) is 2. The molecule has 0 aromatic heterocycles. The average molecular weight is 229 g/mol. The summed E-state index contributed by atoms with van der Waals surface area (Å²) in [6, 6.07) is 0. The second kappa shape index (κ2) is 5.64. The van der Waals surface area contributed by atoms with Crippen LogP contribution >= 0.6 is 0 Å². The fraction of sp³-hybridized carbons (Fsp3) is 0.917.